The van der Waals surface area contributed by atoms with Gasteiger partial charge in [0.25, 0.3) is 5.91 Å². The van der Waals surface area contributed by atoms with Crippen molar-refractivity contribution in [2.45, 2.75) is 6.92 Å². The molecule has 1 saturated heterocycles. The summed E-state index contributed by atoms with van der Waals surface area (Å²) in [7, 11) is 0. The van der Waals surface area contributed by atoms with Crippen LogP contribution in [-0.2, 0) is 4.79 Å². The molecule has 1 fully saturated rings. The smallest absolute Gasteiger partial charge is 0.270 e. The Bertz CT molecular complexity index is 1160. The molecule has 1 amide bonds. The molecule has 4 rings (SSSR count). The van der Waals surface area contributed by atoms with Gasteiger partial charge in [-0.05, 0) is 61.5 Å². The van der Waals surface area contributed by atoms with E-state index in [9.17, 15) is 4.79 Å². The first-order chi connectivity index (χ1) is 14.5. The zero-order valence-corrected chi connectivity index (χ0v) is 18.9. The number of rotatable bonds is 5. The fraction of sp³-hybridized carbons (Fsp3) is 0.0909. The first kappa shape index (κ1) is 21.0. The predicted octanol–water partition coefficient (Wildman–Crippen LogP) is 7.06. The second kappa shape index (κ2) is 8.86. The van der Waals surface area contributed by atoms with Gasteiger partial charge in [-0.1, -0.05) is 47.2 Å². The molecular weight excluding hydrogens is 461 g/mol. The van der Waals surface area contributed by atoms with Crippen molar-refractivity contribution in [3.05, 3.63) is 75.3 Å². The van der Waals surface area contributed by atoms with Gasteiger partial charge >= 0.3 is 0 Å². The lowest BCUT2D eigenvalue weighted by Crippen LogP contribution is -2.27. The number of furan rings is 1. The number of ether oxygens (including phenoxy) is 1. The van der Waals surface area contributed by atoms with Gasteiger partial charge < -0.3 is 9.15 Å². The van der Waals surface area contributed by atoms with Crippen LogP contribution in [0.2, 0.25) is 10.0 Å². The van der Waals surface area contributed by atoms with Gasteiger partial charge in [0, 0.05) is 16.7 Å². The van der Waals surface area contributed by atoms with Crippen LogP contribution in [0.5, 0.6) is 5.75 Å². The molecule has 1 aromatic heterocycles. The zero-order valence-electron chi connectivity index (χ0n) is 15.7. The average molecular weight is 476 g/mol. The molecule has 152 valence electrons. The van der Waals surface area contributed by atoms with Crippen molar-refractivity contribution in [3.63, 3.8) is 0 Å². The van der Waals surface area contributed by atoms with Crippen LogP contribution in [0.25, 0.3) is 17.4 Å². The van der Waals surface area contributed by atoms with Gasteiger partial charge in [-0.3, -0.25) is 9.69 Å². The molecule has 0 bridgehead atoms. The Balaban J connectivity index is 1.57. The highest BCUT2D eigenvalue weighted by atomic mass is 35.5. The molecule has 4 nitrogen and oxygen atoms in total. The largest absolute Gasteiger partial charge is 0.494 e. The maximum atomic E-state index is 12.9. The van der Waals surface area contributed by atoms with Crippen LogP contribution in [0.3, 0.4) is 0 Å². The molecule has 8 heteroatoms. The lowest BCUT2D eigenvalue weighted by Gasteiger charge is -2.15. The van der Waals surface area contributed by atoms with E-state index in [4.69, 9.17) is 44.6 Å². The third-order valence-corrected chi connectivity index (χ3v) is 6.15. The molecule has 1 aliphatic heterocycles. The summed E-state index contributed by atoms with van der Waals surface area (Å²) in [6.45, 7) is 2.50. The Morgan fingerprint density at radius 3 is 2.60 bits per heavy atom. The summed E-state index contributed by atoms with van der Waals surface area (Å²) >= 11 is 18.9. The summed E-state index contributed by atoms with van der Waals surface area (Å²) in [4.78, 5) is 14.9. The van der Waals surface area contributed by atoms with E-state index >= 15 is 0 Å². The highest BCUT2D eigenvalue weighted by Crippen LogP contribution is 2.38. The Morgan fingerprint density at radius 1 is 1.13 bits per heavy atom. The van der Waals surface area contributed by atoms with Gasteiger partial charge in [-0.25, -0.2) is 0 Å². The van der Waals surface area contributed by atoms with Crippen LogP contribution in [0.15, 0.2) is 63.9 Å². The van der Waals surface area contributed by atoms with Crippen LogP contribution in [0.1, 0.15) is 12.7 Å². The molecule has 1 aliphatic rings. The van der Waals surface area contributed by atoms with Gasteiger partial charge in [0.15, 0.2) is 4.32 Å². The molecule has 0 radical (unpaired) electrons. The highest BCUT2D eigenvalue weighted by molar-refractivity contribution is 8.27. The first-order valence-corrected chi connectivity index (χ1v) is 11.0. The number of hydrogen-bond acceptors (Lipinski definition) is 5. The molecule has 0 saturated carbocycles. The zero-order chi connectivity index (χ0) is 21.3. The monoisotopic (exact) mass is 475 g/mol. The van der Waals surface area contributed by atoms with Crippen molar-refractivity contribution in [1.82, 2.24) is 0 Å². The summed E-state index contributed by atoms with van der Waals surface area (Å²) in [5.41, 5.74) is 1.42. The molecule has 3 aromatic rings. The van der Waals surface area contributed by atoms with Crippen LogP contribution in [0.4, 0.5) is 5.69 Å². The maximum Gasteiger partial charge on any atom is 0.270 e. The molecular formula is C22H15Cl2NO3S2. The second-order valence-corrected chi connectivity index (χ2v) is 8.79. The van der Waals surface area contributed by atoms with Crippen LogP contribution >= 0.6 is 47.2 Å². The number of halogens is 2. The third kappa shape index (κ3) is 4.27. The summed E-state index contributed by atoms with van der Waals surface area (Å²) in [6, 6.07) is 16.0. The lowest BCUT2D eigenvalue weighted by molar-refractivity contribution is -0.113. The Labute approximate surface area is 193 Å². The predicted molar refractivity (Wildman–Crippen MR) is 127 cm³/mol. The number of hydrogen-bond donors (Lipinski definition) is 0. The van der Waals surface area contributed by atoms with E-state index in [0.29, 0.717) is 43.1 Å². The lowest BCUT2D eigenvalue weighted by atomic mass is 10.2. The van der Waals surface area contributed by atoms with Crippen LogP contribution < -0.4 is 9.64 Å². The molecule has 30 heavy (non-hydrogen) atoms. The summed E-state index contributed by atoms with van der Waals surface area (Å²) in [6.07, 6.45) is 1.68. The van der Waals surface area contributed by atoms with Crippen molar-refractivity contribution < 1.29 is 13.9 Å². The van der Waals surface area contributed by atoms with Crippen molar-refractivity contribution in [2.75, 3.05) is 11.5 Å². The van der Waals surface area contributed by atoms with Gasteiger partial charge in [-0.2, -0.15) is 0 Å². The van der Waals surface area contributed by atoms with Crippen LogP contribution in [0, 0.1) is 0 Å². The number of carbonyl (C=O) groups is 1. The fourth-order valence-corrected chi connectivity index (χ4v) is 4.72. The normalized spacial score (nSPS) is 15.3. The third-order valence-electron chi connectivity index (χ3n) is 4.30. The Morgan fingerprint density at radius 2 is 1.90 bits per heavy atom. The molecule has 2 heterocycles. The van der Waals surface area contributed by atoms with Crippen molar-refractivity contribution in [2.24, 2.45) is 0 Å². The number of amides is 1. The van der Waals surface area contributed by atoms with E-state index in [0.717, 1.165) is 11.3 Å². The van der Waals surface area contributed by atoms with Crippen molar-refractivity contribution in [1.29, 1.82) is 0 Å². The minimum absolute atomic E-state index is 0.198. The number of benzene rings is 2. The summed E-state index contributed by atoms with van der Waals surface area (Å²) < 4.78 is 11.8. The molecule has 0 N–H and O–H groups in total. The van der Waals surface area contributed by atoms with E-state index in [2.05, 4.69) is 0 Å². The maximum absolute atomic E-state index is 12.9. The number of thiocarbonyl (C=S) groups is 1. The van der Waals surface area contributed by atoms with Gasteiger partial charge in [0.2, 0.25) is 0 Å². The van der Waals surface area contributed by atoms with E-state index in [-0.39, 0.29) is 5.91 Å². The molecule has 0 unspecified atom stereocenters. The minimum atomic E-state index is -0.198. The Hall–Kier alpha value is -2.25. The molecule has 0 spiro atoms. The topological polar surface area (TPSA) is 42.7 Å². The average Bonchev–Trinajstić information content (AvgIpc) is 3.27. The summed E-state index contributed by atoms with van der Waals surface area (Å²) in [5, 5.41) is 1.04. The molecule has 0 aliphatic carbocycles. The number of thioether (sulfide) groups is 1. The Kier molecular flexibility index (Phi) is 6.20. The minimum Gasteiger partial charge on any atom is -0.494 e. The quantitative estimate of drug-likeness (QED) is 0.291. The number of anilines is 1. The number of nitrogens with zero attached hydrogens (tertiary/aromatic N) is 1. The van der Waals surface area contributed by atoms with Crippen molar-refractivity contribution in [3.8, 4) is 17.1 Å². The van der Waals surface area contributed by atoms with E-state index in [1.54, 1.807) is 36.4 Å². The highest BCUT2D eigenvalue weighted by Gasteiger charge is 2.33. The van der Waals surface area contributed by atoms with Gasteiger partial charge in [0.1, 0.15) is 17.3 Å². The standard InChI is InChI=1S/C22H15Cl2NO3S2/c1-2-27-15-6-4-14(5-7-15)25-21(26)20(30-22(25)29)12-16-8-10-19(28-16)17-9-3-13(23)11-18(17)24/h3-12H,2H2,1H3/b20-12+. The summed E-state index contributed by atoms with van der Waals surface area (Å²) in [5.74, 6) is 1.66. The van der Waals surface area contributed by atoms with E-state index in [1.165, 1.54) is 16.7 Å². The van der Waals surface area contributed by atoms with Crippen LogP contribution in [-0.4, -0.2) is 16.8 Å². The van der Waals surface area contributed by atoms with Gasteiger partial charge in [0.05, 0.1) is 22.2 Å². The SMILES string of the molecule is CCOc1ccc(N2C(=O)/C(=C\c3ccc(-c4ccc(Cl)cc4Cl)o3)SC2=S)cc1. The van der Waals surface area contributed by atoms with Crippen molar-refractivity contribution >= 4 is 69.2 Å². The fourth-order valence-electron chi connectivity index (χ4n) is 2.94. The number of carbonyl (C=O) groups excluding carboxylic acids is 1. The molecule has 2 aromatic carbocycles. The van der Waals surface area contributed by atoms with Gasteiger partial charge in [-0.15, -0.1) is 0 Å². The second-order valence-electron chi connectivity index (χ2n) is 6.27. The first-order valence-electron chi connectivity index (χ1n) is 9.02. The van der Waals surface area contributed by atoms with E-state index in [1.807, 2.05) is 31.2 Å². The molecule has 0 atom stereocenters. The van der Waals surface area contributed by atoms with E-state index < -0.39 is 0 Å².